The fraction of sp³-hybridized carbons (Fsp3) is 0.400. The molecule has 100 valence electrons. The Kier molecular flexibility index (Phi) is 3.15. The molecule has 4 heteroatoms. The van der Waals surface area contributed by atoms with E-state index in [2.05, 4.69) is 5.16 Å². The third-order valence-corrected chi connectivity index (χ3v) is 3.86. The first-order chi connectivity index (χ1) is 9.29. The highest BCUT2D eigenvalue weighted by Gasteiger charge is 2.25. The monoisotopic (exact) mass is 258 g/mol. The van der Waals surface area contributed by atoms with Gasteiger partial charge in [0.15, 0.2) is 5.82 Å². The van der Waals surface area contributed by atoms with Crippen molar-refractivity contribution in [3.05, 3.63) is 30.0 Å². The van der Waals surface area contributed by atoms with Crippen LogP contribution in [-0.2, 0) is 6.42 Å². The largest absolute Gasteiger partial charge is 0.496 e. The van der Waals surface area contributed by atoms with E-state index in [0.29, 0.717) is 11.7 Å². The van der Waals surface area contributed by atoms with Crippen LogP contribution >= 0.6 is 0 Å². The van der Waals surface area contributed by atoms with E-state index in [1.165, 1.54) is 19.3 Å². The van der Waals surface area contributed by atoms with Crippen LogP contribution in [0.25, 0.3) is 11.1 Å². The zero-order valence-electron chi connectivity index (χ0n) is 11.1. The van der Waals surface area contributed by atoms with Gasteiger partial charge in [0.1, 0.15) is 11.5 Å². The summed E-state index contributed by atoms with van der Waals surface area (Å²) in [5.74, 6) is 2.83. The van der Waals surface area contributed by atoms with Crippen LogP contribution in [0.4, 0.5) is 5.82 Å². The summed E-state index contributed by atoms with van der Waals surface area (Å²) in [5, 5.41) is 3.93. The molecule has 2 N–H and O–H groups in total. The van der Waals surface area contributed by atoms with Gasteiger partial charge in [-0.05, 0) is 12.0 Å². The minimum atomic E-state index is 0.443. The van der Waals surface area contributed by atoms with Crippen LogP contribution in [-0.4, -0.2) is 12.3 Å². The number of anilines is 1. The van der Waals surface area contributed by atoms with Crippen LogP contribution in [0, 0.1) is 5.92 Å². The molecule has 0 spiro atoms. The molecule has 1 aromatic carbocycles. The molecule has 1 aliphatic rings. The number of methoxy groups -OCH3 is 1. The molecule has 0 bridgehead atoms. The van der Waals surface area contributed by atoms with Crippen molar-refractivity contribution in [3.8, 4) is 16.9 Å². The number of benzene rings is 1. The van der Waals surface area contributed by atoms with Crippen LogP contribution in [0.15, 0.2) is 28.8 Å². The summed E-state index contributed by atoms with van der Waals surface area (Å²) in [6.45, 7) is 0. The molecule has 1 aliphatic carbocycles. The van der Waals surface area contributed by atoms with Gasteiger partial charge >= 0.3 is 0 Å². The lowest BCUT2D eigenvalue weighted by Gasteiger charge is -2.24. The van der Waals surface area contributed by atoms with E-state index in [4.69, 9.17) is 15.0 Å². The Hall–Kier alpha value is -1.97. The van der Waals surface area contributed by atoms with E-state index in [0.717, 1.165) is 29.1 Å². The molecule has 0 saturated heterocycles. The zero-order chi connectivity index (χ0) is 13.2. The number of ether oxygens (including phenoxy) is 1. The number of nitrogens with zero attached hydrogens (tertiary/aromatic N) is 1. The second kappa shape index (κ2) is 4.96. The second-order valence-corrected chi connectivity index (χ2v) is 5.07. The van der Waals surface area contributed by atoms with Crippen LogP contribution in [0.3, 0.4) is 0 Å². The van der Waals surface area contributed by atoms with E-state index in [1.807, 2.05) is 24.3 Å². The highest BCUT2D eigenvalue weighted by molar-refractivity contribution is 5.80. The molecule has 1 saturated carbocycles. The third kappa shape index (κ3) is 2.18. The third-order valence-electron chi connectivity index (χ3n) is 3.86. The first-order valence-corrected chi connectivity index (χ1v) is 6.67. The van der Waals surface area contributed by atoms with Crippen LogP contribution < -0.4 is 10.5 Å². The van der Waals surface area contributed by atoms with E-state index in [9.17, 15) is 0 Å². The number of hydrogen-bond donors (Lipinski definition) is 1. The van der Waals surface area contributed by atoms with Gasteiger partial charge < -0.3 is 15.0 Å². The summed E-state index contributed by atoms with van der Waals surface area (Å²) in [6, 6.07) is 7.83. The van der Waals surface area contributed by atoms with Crippen molar-refractivity contribution in [1.82, 2.24) is 5.16 Å². The molecule has 0 unspecified atom stereocenters. The Labute approximate surface area is 112 Å². The average molecular weight is 258 g/mol. The zero-order valence-corrected chi connectivity index (χ0v) is 11.1. The molecule has 0 aliphatic heterocycles. The lowest BCUT2D eigenvalue weighted by Crippen LogP contribution is -2.13. The SMILES string of the molecule is COc1ccccc1-c1c(N)noc1CC1CCC1. The molecule has 1 heterocycles. The van der Waals surface area contributed by atoms with Crippen molar-refractivity contribution in [2.24, 2.45) is 5.92 Å². The van der Waals surface area contributed by atoms with E-state index in [1.54, 1.807) is 7.11 Å². The predicted octanol–water partition coefficient (Wildman–Crippen LogP) is 3.28. The van der Waals surface area contributed by atoms with Crippen molar-refractivity contribution in [2.75, 3.05) is 12.8 Å². The molecule has 1 fully saturated rings. The molecule has 0 atom stereocenters. The van der Waals surface area contributed by atoms with Gasteiger partial charge in [0.2, 0.25) is 0 Å². The van der Waals surface area contributed by atoms with Crippen LogP contribution in [0.2, 0.25) is 0 Å². The molecule has 2 aromatic rings. The number of nitrogens with two attached hydrogens (primary N) is 1. The van der Waals surface area contributed by atoms with Gasteiger partial charge in [0, 0.05) is 12.0 Å². The number of hydrogen-bond acceptors (Lipinski definition) is 4. The second-order valence-electron chi connectivity index (χ2n) is 5.07. The molecule has 1 aromatic heterocycles. The van der Waals surface area contributed by atoms with Gasteiger partial charge in [-0.15, -0.1) is 0 Å². The van der Waals surface area contributed by atoms with Crippen molar-refractivity contribution in [1.29, 1.82) is 0 Å². The van der Waals surface area contributed by atoms with Gasteiger partial charge in [-0.3, -0.25) is 0 Å². The molecule has 19 heavy (non-hydrogen) atoms. The van der Waals surface area contributed by atoms with E-state index >= 15 is 0 Å². The summed E-state index contributed by atoms with van der Waals surface area (Å²) >= 11 is 0. The summed E-state index contributed by atoms with van der Waals surface area (Å²) in [7, 11) is 1.66. The summed E-state index contributed by atoms with van der Waals surface area (Å²) in [5.41, 5.74) is 7.82. The normalized spacial score (nSPS) is 15.2. The molecule has 0 radical (unpaired) electrons. The number of rotatable bonds is 4. The first-order valence-electron chi connectivity index (χ1n) is 6.67. The van der Waals surface area contributed by atoms with Crippen LogP contribution in [0.1, 0.15) is 25.0 Å². The maximum Gasteiger partial charge on any atom is 0.175 e. The topological polar surface area (TPSA) is 61.3 Å². The minimum Gasteiger partial charge on any atom is -0.496 e. The molecular weight excluding hydrogens is 240 g/mol. The summed E-state index contributed by atoms with van der Waals surface area (Å²) in [4.78, 5) is 0. The smallest absolute Gasteiger partial charge is 0.175 e. The highest BCUT2D eigenvalue weighted by Crippen LogP contribution is 2.39. The first kappa shape index (κ1) is 12.1. The Morgan fingerprint density at radius 1 is 1.37 bits per heavy atom. The quantitative estimate of drug-likeness (QED) is 0.914. The van der Waals surface area contributed by atoms with E-state index in [-0.39, 0.29) is 0 Å². The fourth-order valence-electron chi connectivity index (χ4n) is 2.58. The van der Waals surface area contributed by atoms with Gasteiger partial charge in [0.25, 0.3) is 0 Å². The van der Waals surface area contributed by atoms with Gasteiger partial charge in [-0.1, -0.05) is 42.6 Å². The number of aromatic nitrogens is 1. The van der Waals surface area contributed by atoms with Crippen molar-refractivity contribution >= 4 is 5.82 Å². The standard InChI is InChI=1S/C15H18N2O2/c1-18-12-8-3-2-7-11(12)14-13(19-17-15(14)16)9-10-5-4-6-10/h2-3,7-8,10H,4-6,9H2,1H3,(H2,16,17). The number of nitrogen functional groups attached to an aromatic ring is 1. The fourth-order valence-corrected chi connectivity index (χ4v) is 2.58. The Bertz CT molecular complexity index is 573. The molecule has 4 nitrogen and oxygen atoms in total. The Morgan fingerprint density at radius 2 is 2.16 bits per heavy atom. The van der Waals surface area contributed by atoms with Crippen molar-refractivity contribution in [2.45, 2.75) is 25.7 Å². The van der Waals surface area contributed by atoms with Crippen molar-refractivity contribution < 1.29 is 9.26 Å². The van der Waals surface area contributed by atoms with E-state index < -0.39 is 0 Å². The van der Waals surface area contributed by atoms with Crippen molar-refractivity contribution in [3.63, 3.8) is 0 Å². The lowest BCUT2D eigenvalue weighted by molar-refractivity contribution is 0.279. The number of para-hydroxylation sites is 1. The van der Waals surface area contributed by atoms with Gasteiger partial charge in [-0.25, -0.2) is 0 Å². The van der Waals surface area contributed by atoms with Gasteiger partial charge in [-0.2, -0.15) is 0 Å². The maximum atomic E-state index is 5.97. The Morgan fingerprint density at radius 3 is 2.84 bits per heavy atom. The summed E-state index contributed by atoms with van der Waals surface area (Å²) < 4.78 is 10.8. The maximum absolute atomic E-state index is 5.97. The minimum absolute atomic E-state index is 0.443. The predicted molar refractivity (Wildman–Crippen MR) is 73.9 cm³/mol. The van der Waals surface area contributed by atoms with Gasteiger partial charge in [0.05, 0.1) is 12.7 Å². The summed E-state index contributed by atoms with van der Waals surface area (Å²) in [6.07, 6.45) is 4.77. The van der Waals surface area contributed by atoms with Crippen LogP contribution in [0.5, 0.6) is 5.75 Å². The Balaban J connectivity index is 2.00. The molecular formula is C15H18N2O2. The average Bonchev–Trinajstić information content (AvgIpc) is 2.75. The molecule has 3 rings (SSSR count). The lowest BCUT2D eigenvalue weighted by atomic mass is 9.81. The highest BCUT2D eigenvalue weighted by atomic mass is 16.5. The molecule has 0 amide bonds.